The molecule has 0 spiro atoms. The van der Waals surface area contributed by atoms with Gasteiger partial charge in [-0.25, -0.2) is 4.98 Å². The van der Waals surface area contributed by atoms with Gasteiger partial charge in [0, 0.05) is 18.0 Å². The van der Waals surface area contributed by atoms with Crippen molar-refractivity contribution in [2.75, 3.05) is 0 Å². The molecule has 0 unspecified atom stereocenters. The van der Waals surface area contributed by atoms with E-state index < -0.39 is 0 Å². The average molecular weight is 415 g/mol. The number of hydrogen-bond acceptors (Lipinski definition) is 7. The number of fused-ring (bicyclic) bond motifs is 1. The highest BCUT2D eigenvalue weighted by atomic mass is 35.5. The van der Waals surface area contributed by atoms with Gasteiger partial charge >= 0.3 is 0 Å². The van der Waals surface area contributed by atoms with E-state index >= 15 is 0 Å². The van der Waals surface area contributed by atoms with Gasteiger partial charge in [0.15, 0.2) is 6.61 Å². The SMILES string of the molecule is Cc1ccc(OCc2nnc(SCc3cc(=O)n4cc(Cl)ccc4n3)o2)cc1. The Kier molecular flexibility index (Phi) is 5.31. The molecule has 7 nitrogen and oxygen atoms in total. The maximum Gasteiger partial charge on any atom is 0.277 e. The predicted molar refractivity (Wildman–Crippen MR) is 106 cm³/mol. The molecule has 0 N–H and O–H groups in total. The molecule has 3 heterocycles. The van der Waals surface area contributed by atoms with E-state index in [0.717, 1.165) is 11.3 Å². The molecular formula is C19H15ClN4O3S. The zero-order valence-electron chi connectivity index (χ0n) is 14.8. The highest BCUT2D eigenvalue weighted by Crippen LogP contribution is 2.21. The lowest BCUT2D eigenvalue weighted by molar-refractivity contribution is 0.252. The minimum atomic E-state index is -0.194. The largest absolute Gasteiger partial charge is 0.484 e. The molecule has 4 aromatic rings. The van der Waals surface area contributed by atoms with Crippen LogP contribution in [-0.2, 0) is 12.4 Å². The number of thioether (sulfide) groups is 1. The normalized spacial score (nSPS) is 11.1. The second-order valence-electron chi connectivity index (χ2n) is 6.01. The zero-order chi connectivity index (χ0) is 19.5. The molecule has 0 aliphatic carbocycles. The van der Waals surface area contributed by atoms with E-state index in [4.69, 9.17) is 20.8 Å². The van der Waals surface area contributed by atoms with Crippen molar-refractivity contribution in [2.45, 2.75) is 24.5 Å². The fraction of sp³-hybridized carbons (Fsp3) is 0.158. The summed E-state index contributed by atoms with van der Waals surface area (Å²) in [6.07, 6.45) is 1.54. The molecule has 9 heteroatoms. The highest BCUT2D eigenvalue weighted by Gasteiger charge is 2.10. The first-order chi connectivity index (χ1) is 13.6. The summed E-state index contributed by atoms with van der Waals surface area (Å²) >= 11 is 7.22. The van der Waals surface area contributed by atoms with Crippen LogP contribution in [0.3, 0.4) is 0 Å². The fourth-order valence-corrected chi connectivity index (χ4v) is 3.30. The van der Waals surface area contributed by atoms with Gasteiger partial charge < -0.3 is 9.15 Å². The molecule has 0 aliphatic heterocycles. The summed E-state index contributed by atoms with van der Waals surface area (Å²) in [5.74, 6) is 1.54. The van der Waals surface area contributed by atoms with Gasteiger partial charge in [0.1, 0.15) is 11.4 Å². The van der Waals surface area contributed by atoms with Gasteiger partial charge in [-0.15, -0.1) is 10.2 Å². The first-order valence-corrected chi connectivity index (χ1v) is 9.76. The molecular weight excluding hydrogens is 400 g/mol. The van der Waals surface area contributed by atoms with Gasteiger partial charge in [0.2, 0.25) is 0 Å². The van der Waals surface area contributed by atoms with Crippen LogP contribution in [0, 0.1) is 6.92 Å². The Morgan fingerprint density at radius 3 is 2.82 bits per heavy atom. The third-order valence-electron chi connectivity index (χ3n) is 3.85. The molecule has 28 heavy (non-hydrogen) atoms. The van der Waals surface area contributed by atoms with Crippen molar-refractivity contribution in [1.82, 2.24) is 19.6 Å². The Hall–Kier alpha value is -2.84. The second-order valence-corrected chi connectivity index (χ2v) is 7.38. The van der Waals surface area contributed by atoms with Crippen molar-refractivity contribution in [3.8, 4) is 5.75 Å². The zero-order valence-corrected chi connectivity index (χ0v) is 16.4. The Balaban J connectivity index is 1.39. The van der Waals surface area contributed by atoms with Crippen LogP contribution in [0.2, 0.25) is 5.02 Å². The summed E-state index contributed by atoms with van der Waals surface area (Å²) in [5.41, 5.74) is 2.12. The van der Waals surface area contributed by atoms with Crippen LogP contribution >= 0.6 is 23.4 Å². The maximum atomic E-state index is 12.2. The van der Waals surface area contributed by atoms with Crippen molar-refractivity contribution < 1.29 is 9.15 Å². The Morgan fingerprint density at radius 1 is 1.18 bits per heavy atom. The second kappa shape index (κ2) is 8.04. The summed E-state index contributed by atoms with van der Waals surface area (Å²) in [5, 5.41) is 8.83. The van der Waals surface area contributed by atoms with Gasteiger partial charge in [0.25, 0.3) is 16.7 Å². The smallest absolute Gasteiger partial charge is 0.277 e. The topological polar surface area (TPSA) is 82.5 Å². The number of benzene rings is 1. The Labute approximate surface area is 169 Å². The highest BCUT2D eigenvalue weighted by molar-refractivity contribution is 7.98. The quantitative estimate of drug-likeness (QED) is 0.442. The van der Waals surface area contributed by atoms with E-state index in [0.29, 0.717) is 33.2 Å². The summed E-state index contributed by atoms with van der Waals surface area (Å²) in [4.78, 5) is 16.6. The number of ether oxygens (including phenoxy) is 1. The van der Waals surface area contributed by atoms with Crippen LogP contribution in [0.15, 0.2) is 63.1 Å². The number of aromatic nitrogens is 4. The Morgan fingerprint density at radius 2 is 2.00 bits per heavy atom. The molecule has 0 aliphatic rings. The van der Waals surface area contributed by atoms with E-state index in [1.807, 2.05) is 31.2 Å². The van der Waals surface area contributed by atoms with Gasteiger partial charge in [-0.3, -0.25) is 9.20 Å². The third kappa shape index (κ3) is 4.35. The van der Waals surface area contributed by atoms with E-state index in [1.165, 1.54) is 22.2 Å². The number of aryl methyl sites for hydroxylation is 1. The van der Waals surface area contributed by atoms with Gasteiger partial charge in [-0.2, -0.15) is 0 Å². The minimum absolute atomic E-state index is 0.187. The Bertz CT molecular complexity index is 1170. The maximum absolute atomic E-state index is 12.2. The molecule has 0 atom stereocenters. The molecule has 0 saturated carbocycles. The van der Waals surface area contributed by atoms with E-state index in [2.05, 4.69) is 15.2 Å². The summed E-state index contributed by atoms with van der Waals surface area (Å²) < 4.78 is 12.6. The standard InChI is InChI=1S/C19H15ClN4O3S/c1-12-2-5-15(6-3-12)26-10-17-22-23-19(27-17)28-11-14-8-18(25)24-9-13(20)4-7-16(24)21-14/h2-9H,10-11H2,1H3. The number of rotatable bonds is 6. The van der Waals surface area contributed by atoms with Crippen molar-refractivity contribution in [3.63, 3.8) is 0 Å². The predicted octanol–water partition coefficient (Wildman–Crippen LogP) is 3.91. The van der Waals surface area contributed by atoms with Crippen LogP contribution in [0.1, 0.15) is 17.1 Å². The summed E-state index contributed by atoms with van der Waals surface area (Å²) in [7, 11) is 0. The van der Waals surface area contributed by atoms with Crippen LogP contribution in [-0.4, -0.2) is 19.6 Å². The molecule has 3 aromatic heterocycles. The van der Waals surface area contributed by atoms with Crippen LogP contribution in [0.25, 0.3) is 5.65 Å². The summed E-state index contributed by atoms with van der Waals surface area (Å²) in [6, 6.07) is 12.6. The van der Waals surface area contributed by atoms with Gasteiger partial charge in [-0.05, 0) is 31.2 Å². The first-order valence-electron chi connectivity index (χ1n) is 8.39. The third-order valence-corrected chi connectivity index (χ3v) is 4.93. The molecule has 4 rings (SSSR count). The number of halogens is 1. The average Bonchev–Trinajstić information content (AvgIpc) is 3.14. The van der Waals surface area contributed by atoms with Crippen LogP contribution < -0.4 is 10.3 Å². The molecule has 0 fully saturated rings. The van der Waals surface area contributed by atoms with Crippen LogP contribution in [0.4, 0.5) is 0 Å². The van der Waals surface area contributed by atoms with Crippen molar-refractivity contribution in [3.05, 3.63) is 81.2 Å². The molecule has 0 saturated heterocycles. The summed E-state index contributed by atoms with van der Waals surface area (Å²) in [6.45, 7) is 2.20. The number of hydrogen-bond donors (Lipinski definition) is 0. The molecule has 142 valence electrons. The molecule has 0 bridgehead atoms. The van der Waals surface area contributed by atoms with E-state index in [9.17, 15) is 4.79 Å². The molecule has 0 radical (unpaired) electrons. The van der Waals surface area contributed by atoms with E-state index in [1.54, 1.807) is 18.3 Å². The van der Waals surface area contributed by atoms with Gasteiger partial charge in [0.05, 0.1) is 10.7 Å². The van der Waals surface area contributed by atoms with Crippen molar-refractivity contribution in [2.24, 2.45) is 0 Å². The molecule has 0 amide bonds. The van der Waals surface area contributed by atoms with Crippen LogP contribution in [0.5, 0.6) is 5.75 Å². The lowest BCUT2D eigenvalue weighted by Gasteiger charge is -2.03. The first kappa shape index (κ1) is 18.5. The van der Waals surface area contributed by atoms with Crippen molar-refractivity contribution in [1.29, 1.82) is 0 Å². The number of nitrogens with zero attached hydrogens (tertiary/aromatic N) is 4. The van der Waals surface area contributed by atoms with E-state index in [-0.39, 0.29) is 12.2 Å². The minimum Gasteiger partial charge on any atom is -0.484 e. The monoisotopic (exact) mass is 414 g/mol. The van der Waals surface area contributed by atoms with Crippen molar-refractivity contribution >= 4 is 29.0 Å². The lowest BCUT2D eigenvalue weighted by atomic mass is 10.2. The lowest BCUT2D eigenvalue weighted by Crippen LogP contribution is -2.15. The van der Waals surface area contributed by atoms with Gasteiger partial charge in [-0.1, -0.05) is 41.1 Å². The fourth-order valence-electron chi connectivity index (χ4n) is 2.47. The number of pyridine rings is 1. The molecule has 1 aromatic carbocycles.